The van der Waals surface area contributed by atoms with Gasteiger partial charge < -0.3 is 14.2 Å². The molecule has 0 bridgehead atoms. The van der Waals surface area contributed by atoms with Gasteiger partial charge in [-0.1, -0.05) is 316 Å². The molecule has 0 saturated carbocycles. The number of rotatable bonds is 63. The topological polar surface area (TPSA) is 78.9 Å². The first-order valence-corrected chi connectivity index (χ1v) is 34.9. The predicted octanol–water partition coefficient (Wildman–Crippen LogP) is 24.2. The number of allylic oxidation sites excluding steroid dienone is 18. The first kappa shape index (κ1) is 78.1. The van der Waals surface area contributed by atoms with Crippen molar-refractivity contribution in [2.45, 2.75) is 341 Å². The highest BCUT2D eigenvalue weighted by Crippen LogP contribution is 2.17. The summed E-state index contributed by atoms with van der Waals surface area (Å²) in [6, 6.07) is 0. The molecular formula is C76H130O6. The van der Waals surface area contributed by atoms with Crippen LogP contribution in [0.3, 0.4) is 0 Å². The molecule has 470 valence electrons. The number of esters is 3. The summed E-state index contributed by atoms with van der Waals surface area (Å²) in [5, 5.41) is 0. The molecule has 1 atom stereocenters. The van der Waals surface area contributed by atoms with Crippen LogP contribution >= 0.6 is 0 Å². The second-order valence-corrected chi connectivity index (χ2v) is 23.1. The third-order valence-electron chi connectivity index (χ3n) is 15.0. The Bertz CT molecular complexity index is 1640. The van der Waals surface area contributed by atoms with Crippen molar-refractivity contribution in [1.82, 2.24) is 0 Å². The van der Waals surface area contributed by atoms with Gasteiger partial charge in [-0.3, -0.25) is 14.4 Å². The first-order chi connectivity index (χ1) is 40.5. The Balaban J connectivity index is 4.26. The maximum Gasteiger partial charge on any atom is 0.306 e. The minimum atomic E-state index is -0.785. The molecule has 0 fully saturated rings. The molecule has 82 heavy (non-hydrogen) atoms. The summed E-state index contributed by atoms with van der Waals surface area (Å²) in [6.07, 6.45) is 95.4. The normalized spacial score (nSPS) is 12.8. The molecule has 0 aromatic rings. The van der Waals surface area contributed by atoms with Crippen molar-refractivity contribution in [2.24, 2.45) is 0 Å². The smallest absolute Gasteiger partial charge is 0.306 e. The number of hydrogen-bond acceptors (Lipinski definition) is 6. The maximum absolute atomic E-state index is 12.9. The number of ether oxygens (including phenoxy) is 3. The molecule has 6 heteroatoms. The molecule has 0 spiro atoms. The minimum Gasteiger partial charge on any atom is -0.462 e. The van der Waals surface area contributed by atoms with Crippen LogP contribution in [0.2, 0.25) is 0 Å². The molecule has 6 nitrogen and oxygen atoms in total. The Morgan fingerprint density at radius 2 is 0.476 bits per heavy atom. The van der Waals surface area contributed by atoms with Crippen molar-refractivity contribution in [3.05, 3.63) is 109 Å². The molecule has 0 aromatic heterocycles. The Kier molecular flexibility index (Phi) is 66.2. The fourth-order valence-corrected chi connectivity index (χ4v) is 9.81. The lowest BCUT2D eigenvalue weighted by Gasteiger charge is -2.18. The zero-order valence-corrected chi connectivity index (χ0v) is 54.0. The average Bonchev–Trinajstić information content (AvgIpc) is 3.47. The minimum absolute atomic E-state index is 0.0818. The predicted molar refractivity (Wildman–Crippen MR) is 357 cm³/mol. The molecule has 0 N–H and O–H groups in total. The largest absolute Gasteiger partial charge is 0.462 e. The second kappa shape index (κ2) is 69.6. The molecule has 0 aromatic carbocycles. The van der Waals surface area contributed by atoms with E-state index in [4.69, 9.17) is 14.2 Å². The highest BCUT2D eigenvalue weighted by Gasteiger charge is 2.19. The quantitative estimate of drug-likeness (QED) is 0.0261. The lowest BCUT2D eigenvalue weighted by molar-refractivity contribution is -0.167. The average molecular weight is 1140 g/mol. The van der Waals surface area contributed by atoms with Crippen LogP contribution in [0, 0.1) is 0 Å². The van der Waals surface area contributed by atoms with Gasteiger partial charge in [0.2, 0.25) is 0 Å². The van der Waals surface area contributed by atoms with E-state index in [0.29, 0.717) is 19.3 Å². The lowest BCUT2D eigenvalue weighted by atomic mass is 10.0. The third-order valence-corrected chi connectivity index (χ3v) is 15.0. The van der Waals surface area contributed by atoms with Crippen LogP contribution in [0.15, 0.2) is 109 Å². The number of carbonyl (C=O) groups excluding carboxylic acids is 3. The summed E-state index contributed by atoms with van der Waals surface area (Å²) in [6.45, 7) is 6.53. The van der Waals surface area contributed by atoms with Crippen molar-refractivity contribution in [3.63, 3.8) is 0 Å². The van der Waals surface area contributed by atoms with Crippen molar-refractivity contribution in [3.8, 4) is 0 Å². The Hall–Kier alpha value is -3.93. The monoisotopic (exact) mass is 1140 g/mol. The van der Waals surface area contributed by atoms with Crippen LogP contribution in [-0.2, 0) is 28.6 Å². The van der Waals surface area contributed by atoms with E-state index in [1.54, 1.807) is 0 Å². The van der Waals surface area contributed by atoms with Gasteiger partial charge >= 0.3 is 17.9 Å². The molecule has 0 aliphatic heterocycles. The van der Waals surface area contributed by atoms with Crippen LogP contribution in [0.1, 0.15) is 335 Å². The molecule has 0 amide bonds. The van der Waals surface area contributed by atoms with Gasteiger partial charge in [-0.25, -0.2) is 0 Å². The van der Waals surface area contributed by atoms with Crippen LogP contribution in [-0.4, -0.2) is 37.2 Å². The summed E-state index contributed by atoms with van der Waals surface area (Å²) in [5.74, 6) is -0.884. The molecule has 0 radical (unpaired) electrons. The number of carbonyl (C=O) groups is 3. The molecule has 0 aliphatic carbocycles. The zero-order valence-electron chi connectivity index (χ0n) is 54.0. The van der Waals surface area contributed by atoms with E-state index in [0.717, 1.165) is 122 Å². The Labute approximate surface area is 508 Å². The maximum atomic E-state index is 12.9. The summed E-state index contributed by atoms with van der Waals surface area (Å²) < 4.78 is 16.9. The van der Waals surface area contributed by atoms with Gasteiger partial charge in [0.15, 0.2) is 6.10 Å². The second-order valence-electron chi connectivity index (χ2n) is 23.1. The van der Waals surface area contributed by atoms with E-state index in [9.17, 15) is 14.4 Å². The Morgan fingerprint density at radius 1 is 0.256 bits per heavy atom. The molecule has 0 aliphatic rings. The summed E-state index contributed by atoms with van der Waals surface area (Å²) in [7, 11) is 0. The number of hydrogen-bond donors (Lipinski definition) is 0. The van der Waals surface area contributed by atoms with Gasteiger partial charge in [0.05, 0.1) is 0 Å². The summed E-state index contributed by atoms with van der Waals surface area (Å²) in [5.41, 5.74) is 0. The molecule has 0 rings (SSSR count). The van der Waals surface area contributed by atoms with Gasteiger partial charge in [0, 0.05) is 19.3 Å². The van der Waals surface area contributed by atoms with Crippen molar-refractivity contribution in [1.29, 1.82) is 0 Å². The summed E-state index contributed by atoms with van der Waals surface area (Å²) >= 11 is 0. The van der Waals surface area contributed by atoms with E-state index < -0.39 is 6.10 Å². The van der Waals surface area contributed by atoms with Gasteiger partial charge in [-0.05, 0) is 109 Å². The van der Waals surface area contributed by atoms with E-state index in [1.165, 1.54) is 173 Å². The van der Waals surface area contributed by atoms with Gasteiger partial charge in [-0.15, -0.1) is 0 Å². The van der Waals surface area contributed by atoms with E-state index in [2.05, 4.69) is 130 Å². The highest BCUT2D eigenvalue weighted by atomic mass is 16.6. The standard InChI is InChI=1S/C76H130O6/c1-4-7-10-13-16-19-22-25-27-29-31-32-33-34-35-36-37-38-39-40-41-42-43-44-46-47-49-51-54-57-60-63-66-69-75(78)81-72-73(71-80-74(77)68-65-62-59-56-53-24-21-18-15-12-9-6-3)82-76(79)70-67-64-61-58-55-52-50-48-45-30-28-26-23-20-17-14-11-8-5-2/h7,10,16,18-19,21,25,27,31-32,34-35,37-38,40-41,43-44,73H,4-6,8-9,11-15,17,20,22-24,26,28-30,33,36,39,42,45-72H2,1-3H3/b10-7-,19-16-,21-18-,27-25-,32-31-,35-34-,38-37-,41-40-,44-43-. The molecule has 0 saturated heterocycles. The van der Waals surface area contributed by atoms with E-state index in [-0.39, 0.29) is 31.1 Å². The number of unbranched alkanes of at least 4 members (excludes halogenated alkanes) is 34. The Morgan fingerprint density at radius 3 is 0.780 bits per heavy atom. The van der Waals surface area contributed by atoms with E-state index >= 15 is 0 Å². The highest BCUT2D eigenvalue weighted by molar-refractivity contribution is 5.71. The molecular weight excluding hydrogens is 1010 g/mol. The fourth-order valence-electron chi connectivity index (χ4n) is 9.81. The van der Waals surface area contributed by atoms with Gasteiger partial charge in [-0.2, -0.15) is 0 Å². The van der Waals surface area contributed by atoms with Crippen LogP contribution in [0.5, 0.6) is 0 Å². The fraction of sp³-hybridized carbons (Fsp3) is 0.724. The molecule has 1 unspecified atom stereocenters. The summed E-state index contributed by atoms with van der Waals surface area (Å²) in [4.78, 5) is 38.4. The molecule has 0 heterocycles. The van der Waals surface area contributed by atoms with Crippen molar-refractivity contribution < 1.29 is 28.6 Å². The van der Waals surface area contributed by atoms with Gasteiger partial charge in [0.1, 0.15) is 13.2 Å². The SMILES string of the molecule is CC/C=C\C/C=C\C/C=C\C/C=C\C/C=C\C/C=C\C/C=C\C/C=C\CCCCCCCCCCC(=O)OCC(COC(=O)CCCCCCC/C=C\CCCCC)OC(=O)CCCCCCCCCCCCCCCCCCCCC. The van der Waals surface area contributed by atoms with Crippen LogP contribution in [0.4, 0.5) is 0 Å². The van der Waals surface area contributed by atoms with Gasteiger partial charge in [0.25, 0.3) is 0 Å². The zero-order chi connectivity index (χ0) is 59.2. The third kappa shape index (κ3) is 66.9. The van der Waals surface area contributed by atoms with Crippen LogP contribution < -0.4 is 0 Å². The lowest BCUT2D eigenvalue weighted by Crippen LogP contribution is -2.30. The first-order valence-electron chi connectivity index (χ1n) is 34.9. The van der Waals surface area contributed by atoms with Crippen molar-refractivity contribution in [2.75, 3.05) is 13.2 Å². The van der Waals surface area contributed by atoms with Crippen LogP contribution in [0.25, 0.3) is 0 Å². The van der Waals surface area contributed by atoms with E-state index in [1.807, 2.05) is 0 Å². The van der Waals surface area contributed by atoms with Crippen molar-refractivity contribution >= 4 is 17.9 Å².